The fourth-order valence-corrected chi connectivity index (χ4v) is 4.09. The quantitative estimate of drug-likeness (QED) is 0.427. The highest BCUT2D eigenvalue weighted by Crippen LogP contribution is 2.34. The van der Waals surface area contributed by atoms with Crippen LogP contribution in [-0.2, 0) is 0 Å². The minimum absolute atomic E-state index is 0.0977. The van der Waals surface area contributed by atoms with Crippen molar-refractivity contribution in [2.24, 2.45) is 0 Å². The summed E-state index contributed by atoms with van der Waals surface area (Å²) in [6.07, 6.45) is 7.70. The van der Waals surface area contributed by atoms with Crippen LogP contribution in [0.15, 0.2) is 60.9 Å². The lowest BCUT2D eigenvalue weighted by Gasteiger charge is -2.21. The van der Waals surface area contributed by atoms with Gasteiger partial charge in [-0.2, -0.15) is 0 Å². The molecule has 2 amide bonds. The van der Waals surface area contributed by atoms with Crippen molar-refractivity contribution in [3.8, 4) is 0 Å². The topological polar surface area (TPSA) is 103 Å². The number of urea groups is 1. The van der Waals surface area contributed by atoms with Crippen molar-refractivity contribution < 1.29 is 4.79 Å². The van der Waals surface area contributed by atoms with Crippen LogP contribution in [0.4, 0.5) is 22.0 Å². The number of aromatic nitrogens is 2. The molecular formula is C24H26N6O. The number of pyridine rings is 2. The van der Waals surface area contributed by atoms with E-state index in [1.54, 1.807) is 18.5 Å². The van der Waals surface area contributed by atoms with Gasteiger partial charge < -0.3 is 16.0 Å². The molecule has 1 aliphatic rings. The number of nitrogens with one attached hydrogen (secondary N) is 4. The fourth-order valence-electron chi connectivity index (χ4n) is 4.09. The highest BCUT2D eigenvalue weighted by atomic mass is 16.2. The van der Waals surface area contributed by atoms with E-state index in [-0.39, 0.29) is 12.1 Å². The van der Waals surface area contributed by atoms with E-state index < -0.39 is 0 Å². The molecule has 2 heterocycles. The smallest absolute Gasteiger partial charge is 0.320 e. The van der Waals surface area contributed by atoms with E-state index in [1.807, 2.05) is 37.3 Å². The summed E-state index contributed by atoms with van der Waals surface area (Å²) in [6.45, 7) is 1.92. The van der Waals surface area contributed by atoms with E-state index in [9.17, 15) is 4.79 Å². The Morgan fingerprint density at radius 2 is 1.97 bits per heavy atom. The van der Waals surface area contributed by atoms with Gasteiger partial charge in [-0.25, -0.2) is 9.78 Å². The standard InChI is InChI=1S/C24H26N6O/c1-16-12-19(10-11-26-16)28-22-15-27-23(13-18(22)14-25)30-24(31)29-21-9-5-8-20(21)17-6-3-2-4-7-17/h2-4,6-7,10-15,20-21,25H,5,8-9H2,1H3,(H,26,28)(H2,27,29,30,31)/t20-,21-/m0/s1. The van der Waals surface area contributed by atoms with Crippen LogP contribution in [0.1, 0.15) is 42.0 Å². The first kappa shape index (κ1) is 20.5. The summed E-state index contributed by atoms with van der Waals surface area (Å²) in [7, 11) is 0. The number of carbonyl (C=O) groups is 1. The number of anilines is 3. The van der Waals surface area contributed by atoms with Crippen LogP contribution in [0, 0.1) is 12.3 Å². The molecule has 0 saturated heterocycles. The molecule has 31 heavy (non-hydrogen) atoms. The number of rotatable bonds is 6. The Labute approximate surface area is 181 Å². The van der Waals surface area contributed by atoms with E-state index >= 15 is 0 Å². The molecule has 2 atom stereocenters. The molecule has 0 aliphatic heterocycles. The Balaban J connectivity index is 1.42. The predicted molar refractivity (Wildman–Crippen MR) is 123 cm³/mol. The van der Waals surface area contributed by atoms with Crippen LogP contribution in [0.5, 0.6) is 0 Å². The van der Waals surface area contributed by atoms with Gasteiger partial charge in [0, 0.05) is 41.3 Å². The molecule has 0 unspecified atom stereocenters. The Hall–Kier alpha value is -3.74. The third kappa shape index (κ3) is 5.06. The average Bonchev–Trinajstić information content (AvgIpc) is 3.23. The highest BCUT2D eigenvalue weighted by Gasteiger charge is 2.29. The zero-order valence-electron chi connectivity index (χ0n) is 17.4. The van der Waals surface area contributed by atoms with Gasteiger partial charge in [-0.3, -0.25) is 10.3 Å². The van der Waals surface area contributed by atoms with Crippen molar-refractivity contribution in [3.63, 3.8) is 0 Å². The molecule has 7 heteroatoms. The normalized spacial score (nSPS) is 17.7. The third-order valence-corrected chi connectivity index (χ3v) is 5.57. The van der Waals surface area contributed by atoms with Crippen molar-refractivity contribution >= 4 is 29.4 Å². The molecule has 1 saturated carbocycles. The number of carbonyl (C=O) groups excluding carboxylic acids is 1. The summed E-state index contributed by atoms with van der Waals surface area (Å²) >= 11 is 0. The Kier molecular flexibility index (Phi) is 6.21. The Morgan fingerprint density at radius 1 is 1.13 bits per heavy atom. The van der Waals surface area contributed by atoms with Gasteiger partial charge in [0.05, 0.1) is 11.9 Å². The van der Waals surface area contributed by atoms with Crippen molar-refractivity contribution in [2.45, 2.75) is 38.1 Å². The maximum atomic E-state index is 12.6. The molecular weight excluding hydrogens is 388 g/mol. The van der Waals surface area contributed by atoms with Gasteiger partial charge in [0.15, 0.2) is 0 Å². The molecule has 3 aromatic rings. The second-order valence-electron chi connectivity index (χ2n) is 7.77. The summed E-state index contributed by atoms with van der Waals surface area (Å²) in [6, 6.07) is 15.6. The lowest BCUT2D eigenvalue weighted by molar-refractivity contribution is 0.247. The molecule has 1 aliphatic carbocycles. The summed E-state index contributed by atoms with van der Waals surface area (Å²) < 4.78 is 0. The van der Waals surface area contributed by atoms with Crippen molar-refractivity contribution in [1.82, 2.24) is 15.3 Å². The van der Waals surface area contributed by atoms with Gasteiger partial charge in [-0.05, 0) is 43.5 Å². The van der Waals surface area contributed by atoms with Crippen molar-refractivity contribution in [2.75, 3.05) is 10.6 Å². The monoisotopic (exact) mass is 414 g/mol. The first-order valence-corrected chi connectivity index (χ1v) is 10.4. The van der Waals surface area contributed by atoms with Crippen LogP contribution in [-0.4, -0.2) is 28.3 Å². The van der Waals surface area contributed by atoms with E-state index in [0.29, 0.717) is 23.0 Å². The zero-order chi connectivity index (χ0) is 21.6. The number of hydrogen-bond donors (Lipinski definition) is 4. The van der Waals surface area contributed by atoms with Gasteiger partial charge in [-0.15, -0.1) is 0 Å². The molecule has 4 N–H and O–H groups in total. The van der Waals surface area contributed by atoms with E-state index in [4.69, 9.17) is 5.41 Å². The number of amides is 2. The summed E-state index contributed by atoms with van der Waals surface area (Å²) in [5, 5.41) is 16.9. The molecule has 2 aromatic heterocycles. The molecule has 0 spiro atoms. The van der Waals surface area contributed by atoms with E-state index in [1.165, 1.54) is 11.8 Å². The van der Waals surface area contributed by atoms with E-state index in [0.717, 1.165) is 30.6 Å². The number of hydrogen-bond acceptors (Lipinski definition) is 5. The highest BCUT2D eigenvalue weighted by molar-refractivity contribution is 5.92. The van der Waals surface area contributed by atoms with E-state index in [2.05, 4.69) is 38.1 Å². The second kappa shape index (κ2) is 9.38. The largest absolute Gasteiger partial charge is 0.354 e. The van der Waals surface area contributed by atoms with Crippen molar-refractivity contribution in [3.05, 3.63) is 77.7 Å². The average molecular weight is 415 g/mol. The number of nitrogens with zero attached hydrogens (tertiary/aromatic N) is 2. The van der Waals surface area contributed by atoms with Crippen molar-refractivity contribution in [1.29, 1.82) is 5.41 Å². The SMILES string of the molecule is Cc1cc(Nc2cnc(NC(=O)N[C@H]3CCC[C@H]3c3ccccc3)cc2C=N)ccn1. The van der Waals surface area contributed by atoms with Crippen LogP contribution in [0.3, 0.4) is 0 Å². The molecule has 1 aromatic carbocycles. The van der Waals surface area contributed by atoms with Gasteiger partial charge in [-0.1, -0.05) is 36.8 Å². The lowest BCUT2D eigenvalue weighted by Crippen LogP contribution is -2.39. The first-order valence-electron chi connectivity index (χ1n) is 10.4. The summed E-state index contributed by atoms with van der Waals surface area (Å²) in [5.74, 6) is 0.731. The lowest BCUT2D eigenvalue weighted by atomic mass is 9.94. The minimum atomic E-state index is -0.276. The first-order chi connectivity index (χ1) is 15.1. The van der Waals surface area contributed by atoms with Gasteiger partial charge in [0.1, 0.15) is 5.82 Å². The van der Waals surface area contributed by atoms with Gasteiger partial charge in [0.25, 0.3) is 0 Å². The summed E-state index contributed by atoms with van der Waals surface area (Å²) in [4.78, 5) is 21.1. The molecule has 158 valence electrons. The fraction of sp³-hybridized carbons (Fsp3) is 0.250. The van der Waals surface area contributed by atoms with Gasteiger partial charge in [0.2, 0.25) is 0 Å². The van der Waals surface area contributed by atoms with Gasteiger partial charge >= 0.3 is 6.03 Å². The molecule has 4 rings (SSSR count). The zero-order valence-corrected chi connectivity index (χ0v) is 17.4. The number of benzene rings is 1. The van der Waals surface area contributed by atoms with Crippen LogP contribution in [0.2, 0.25) is 0 Å². The number of aryl methyl sites for hydroxylation is 1. The second-order valence-corrected chi connectivity index (χ2v) is 7.77. The maximum Gasteiger partial charge on any atom is 0.320 e. The molecule has 1 fully saturated rings. The third-order valence-electron chi connectivity index (χ3n) is 5.57. The Morgan fingerprint density at radius 3 is 2.74 bits per heavy atom. The minimum Gasteiger partial charge on any atom is -0.354 e. The van der Waals surface area contributed by atoms with Crippen LogP contribution >= 0.6 is 0 Å². The summed E-state index contributed by atoms with van der Waals surface area (Å²) in [5.41, 5.74) is 4.33. The Bertz CT molecular complexity index is 1070. The molecule has 7 nitrogen and oxygen atoms in total. The molecule has 0 bridgehead atoms. The maximum absolute atomic E-state index is 12.6. The van der Waals surface area contributed by atoms with Crippen LogP contribution in [0.25, 0.3) is 0 Å². The predicted octanol–water partition coefficient (Wildman–Crippen LogP) is 4.98. The molecule has 0 radical (unpaired) electrons. The van der Waals surface area contributed by atoms with Crippen LogP contribution < -0.4 is 16.0 Å².